The first kappa shape index (κ1) is 13.4. The fourth-order valence-corrected chi connectivity index (χ4v) is 1.87. The molecule has 6 heteroatoms. The van der Waals surface area contributed by atoms with E-state index in [0.29, 0.717) is 6.42 Å². The molecule has 0 bridgehead atoms. The molecule has 0 aliphatic heterocycles. The van der Waals surface area contributed by atoms with Gasteiger partial charge in [0.15, 0.2) is 0 Å². The SMILES string of the molecule is COC(CC([SiH3])(OC)OC)[n+]1ccn(C)c1. The summed E-state index contributed by atoms with van der Waals surface area (Å²) in [6.45, 7) is 0. The third-order valence-corrected chi connectivity index (χ3v) is 4.03. The van der Waals surface area contributed by atoms with Gasteiger partial charge in [-0.2, -0.15) is 0 Å². The molecule has 0 aromatic carbocycles. The molecular weight excluding hydrogens is 224 g/mol. The van der Waals surface area contributed by atoms with Crippen LogP contribution < -0.4 is 4.57 Å². The zero-order valence-electron chi connectivity index (χ0n) is 10.6. The quantitative estimate of drug-likeness (QED) is 0.372. The molecule has 0 spiro atoms. The van der Waals surface area contributed by atoms with E-state index in [1.807, 2.05) is 34.9 Å². The molecule has 0 fully saturated rings. The van der Waals surface area contributed by atoms with Crippen LogP contribution >= 0.6 is 0 Å². The maximum absolute atomic E-state index is 5.46. The molecule has 16 heavy (non-hydrogen) atoms. The van der Waals surface area contributed by atoms with E-state index in [4.69, 9.17) is 14.2 Å². The van der Waals surface area contributed by atoms with Crippen LogP contribution in [0.4, 0.5) is 0 Å². The van der Waals surface area contributed by atoms with Crippen LogP contribution in [0.15, 0.2) is 18.7 Å². The molecule has 1 atom stereocenters. The highest BCUT2D eigenvalue weighted by Crippen LogP contribution is 2.18. The minimum Gasteiger partial charge on any atom is -0.358 e. The van der Waals surface area contributed by atoms with Crippen molar-refractivity contribution in [1.29, 1.82) is 0 Å². The van der Waals surface area contributed by atoms with Gasteiger partial charge in [0.05, 0.1) is 23.7 Å². The standard InChI is InChI=1S/C10H21N2O3Si/c1-11-5-6-12(8-11)9(13-2)7-10(16,14-3)15-4/h5-6,8-9H,7H2,1-4,16H3/q+1. The van der Waals surface area contributed by atoms with E-state index >= 15 is 0 Å². The molecular formula is C10H21N2O3Si+. The largest absolute Gasteiger partial charge is 0.358 e. The van der Waals surface area contributed by atoms with Gasteiger partial charge in [0.25, 0.3) is 0 Å². The molecule has 0 N–H and O–H groups in total. The summed E-state index contributed by atoms with van der Waals surface area (Å²) >= 11 is 0. The number of rotatable bonds is 6. The van der Waals surface area contributed by atoms with Crippen molar-refractivity contribution in [1.82, 2.24) is 4.57 Å². The molecule has 0 aliphatic carbocycles. The summed E-state index contributed by atoms with van der Waals surface area (Å²) in [6, 6.07) is 0. The smallest absolute Gasteiger partial charge is 0.245 e. The number of ether oxygens (including phenoxy) is 3. The van der Waals surface area contributed by atoms with Crippen molar-refractivity contribution in [2.45, 2.75) is 18.1 Å². The van der Waals surface area contributed by atoms with E-state index < -0.39 is 5.41 Å². The lowest BCUT2D eigenvalue weighted by atomic mass is 10.3. The van der Waals surface area contributed by atoms with Crippen LogP contribution in [0.2, 0.25) is 0 Å². The number of aromatic nitrogens is 2. The van der Waals surface area contributed by atoms with Crippen LogP contribution in [0.1, 0.15) is 12.6 Å². The van der Waals surface area contributed by atoms with E-state index in [9.17, 15) is 0 Å². The van der Waals surface area contributed by atoms with Crippen LogP contribution in [0, 0.1) is 0 Å². The van der Waals surface area contributed by atoms with E-state index in [-0.39, 0.29) is 6.23 Å². The summed E-state index contributed by atoms with van der Waals surface area (Å²) in [5.41, 5.74) is -0.497. The molecule has 5 nitrogen and oxygen atoms in total. The highest BCUT2D eigenvalue weighted by Gasteiger charge is 2.30. The monoisotopic (exact) mass is 245 g/mol. The summed E-state index contributed by atoms with van der Waals surface area (Å²) in [4.78, 5) is 0. The number of imidazole rings is 1. The summed E-state index contributed by atoms with van der Waals surface area (Å²) in [7, 11) is 7.79. The Labute approximate surface area is 99.3 Å². The van der Waals surface area contributed by atoms with E-state index in [2.05, 4.69) is 0 Å². The summed E-state index contributed by atoms with van der Waals surface area (Å²) in [5.74, 6) is 0. The molecule has 0 saturated carbocycles. The maximum atomic E-state index is 5.46. The fourth-order valence-electron chi connectivity index (χ4n) is 1.52. The minimum absolute atomic E-state index is 0.0707. The lowest BCUT2D eigenvalue weighted by molar-refractivity contribution is -0.763. The maximum Gasteiger partial charge on any atom is 0.245 e. The van der Waals surface area contributed by atoms with Gasteiger partial charge in [-0.3, -0.25) is 0 Å². The summed E-state index contributed by atoms with van der Waals surface area (Å²) < 4.78 is 20.2. The Balaban J connectivity index is 2.76. The normalized spacial score (nSPS) is 14.2. The molecule has 1 rings (SSSR count). The van der Waals surface area contributed by atoms with Gasteiger partial charge in [-0.15, -0.1) is 0 Å². The summed E-state index contributed by atoms with van der Waals surface area (Å²) in [6.07, 6.45) is 6.53. The molecule has 0 amide bonds. The average Bonchev–Trinajstić information content (AvgIpc) is 2.72. The fraction of sp³-hybridized carbons (Fsp3) is 0.700. The average molecular weight is 245 g/mol. The molecule has 1 aromatic heterocycles. The van der Waals surface area contributed by atoms with Gasteiger partial charge < -0.3 is 14.2 Å². The highest BCUT2D eigenvalue weighted by atomic mass is 28.1. The predicted octanol–water partition coefficient (Wildman–Crippen LogP) is -0.840. The number of hydrogen-bond acceptors (Lipinski definition) is 3. The van der Waals surface area contributed by atoms with Crippen molar-refractivity contribution in [3.05, 3.63) is 18.7 Å². The molecule has 0 aliphatic rings. The molecule has 92 valence electrons. The number of hydrogen-bond donors (Lipinski definition) is 0. The molecule has 1 aromatic rings. The van der Waals surface area contributed by atoms with Crippen molar-refractivity contribution < 1.29 is 18.8 Å². The van der Waals surface area contributed by atoms with E-state index in [1.54, 1.807) is 21.3 Å². The molecule has 1 heterocycles. The van der Waals surface area contributed by atoms with Crippen LogP contribution in [0.3, 0.4) is 0 Å². The lowest BCUT2D eigenvalue weighted by Gasteiger charge is -2.28. The van der Waals surface area contributed by atoms with Crippen molar-refractivity contribution in [3.8, 4) is 0 Å². The highest BCUT2D eigenvalue weighted by molar-refractivity contribution is 6.13. The van der Waals surface area contributed by atoms with Gasteiger partial charge in [0.1, 0.15) is 17.8 Å². The predicted molar refractivity (Wildman–Crippen MR) is 63.0 cm³/mol. The van der Waals surface area contributed by atoms with Crippen molar-refractivity contribution >= 4 is 10.2 Å². The zero-order chi connectivity index (χ0) is 12.2. The first-order valence-corrected chi connectivity index (χ1v) is 6.20. The van der Waals surface area contributed by atoms with Crippen LogP contribution in [-0.4, -0.2) is 41.5 Å². The van der Waals surface area contributed by atoms with Crippen molar-refractivity contribution in [3.63, 3.8) is 0 Å². The van der Waals surface area contributed by atoms with Crippen molar-refractivity contribution in [2.24, 2.45) is 7.05 Å². The Morgan fingerprint density at radius 3 is 2.38 bits per heavy atom. The van der Waals surface area contributed by atoms with Crippen LogP contribution in [-0.2, 0) is 21.3 Å². The van der Waals surface area contributed by atoms with Gasteiger partial charge >= 0.3 is 0 Å². The first-order chi connectivity index (χ1) is 7.54. The van der Waals surface area contributed by atoms with Gasteiger partial charge in [0.2, 0.25) is 12.6 Å². The van der Waals surface area contributed by atoms with Crippen LogP contribution in [0.5, 0.6) is 0 Å². The molecule has 0 radical (unpaired) electrons. The second-order valence-electron chi connectivity index (χ2n) is 3.96. The number of nitrogens with zero attached hydrogens (tertiary/aromatic N) is 2. The third kappa shape index (κ3) is 3.15. The molecule has 1 unspecified atom stereocenters. The van der Waals surface area contributed by atoms with Crippen LogP contribution in [0.25, 0.3) is 0 Å². The number of methoxy groups -OCH3 is 3. The van der Waals surface area contributed by atoms with Gasteiger partial charge in [-0.05, 0) is 0 Å². The Bertz CT molecular complexity index is 326. The van der Waals surface area contributed by atoms with Gasteiger partial charge in [-0.25, -0.2) is 9.13 Å². The Hall–Kier alpha value is -0.693. The number of aryl methyl sites for hydroxylation is 1. The molecule has 0 saturated heterocycles. The van der Waals surface area contributed by atoms with Gasteiger partial charge in [-0.1, -0.05) is 0 Å². The Kier molecular flexibility index (Phi) is 4.66. The minimum atomic E-state index is -0.497. The summed E-state index contributed by atoms with van der Waals surface area (Å²) in [5, 5.41) is 0. The second-order valence-corrected chi connectivity index (χ2v) is 5.49. The van der Waals surface area contributed by atoms with E-state index in [0.717, 1.165) is 10.2 Å². The van der Waals surface area contributed by atoms with Crippen molar-refractivity contribution in [2.75, 3.05) is 21.3 Å². The Morgan fingerprint density at radius 1 is 1.38 bits per heavy atom. The van der Waals surface area contributed by atoms with Gasteiger partial charge in [0, 0.05) is 21.3 Å². The zero-order valence-corrected chi connectivity index (χ0v) is 12.6. The second kappa shape index (κ2) is 5.58. The van der Waals surface area contributed by atoms with E-state index in [1.165, 1.54) is 0 Å². The third-order valence-electron chi connectivity index (χ3n) is 2.80. The lowest BCUT2D eigenvalue weighted by Crippen LogP contribution is -2.46. The first-order valence-electron chi connectivity index (χ1n) is 5.20. The topological polar surface area (TPSA) is 36.5 Å². The Morgan fingerprint density at radius 2 is 2.00 bits per heavy atom.